The number of rotatable bonds is 2. The Hall–Kier alpha value is -2.62. The second-order valence-electron chi connectivity index (χ2n) is 4.33. The van der Waals surface area contributed by atoms with Crippen LogP contribution in [-0.2, 0) is 0 Å². The number of fused-ring (bicyclic) bond motifs is 1. The minimum atomic E-state index is -0.199. The lowest BCUT2D eigenvalue weighted by atomic mass is 10.2. The highest BCUT2D eigenvalue weighted by atomic mass is 16.3. The standard InChI is InChI=1S/C15H12N2O2/c1-10-4-6-11(7-5-10)17-14(18)13-9-19-15-12(13)3-2-8-16-15/h2-9H,1H3,(H,17,18). The number of amides is 1. The van der Waals surface area contributed by atoms with E-state index < -0.39 is 0 Å². The van der Waals surface area contributed by atoms with Gasteiger partial charge >= 0.3 is 0 Å². The van der Waals surface area contributed by atoms with Crippen LogP contribution in [0.15, 0.2) is 53.3 Å². The summed E-state index contributed by atoms with van der Waals surface area (Å²) < 4.78 is 5.26. The van der Waals surface area contributed by atoms with Gasteiger partial charge in [-0.1, -0.05) is 17.7 Å². The summed E-state index contributed by atoms with van der Waals surface area (Å²) in [5.41, 5.74) is 2.87. The lowest BCUT2D eigenvalue weighted by molar-refractivity contribution is 0.102. The van der Waals surface area contributed by atoms with Gasteiger partial charge in [0.2, 0.25) is 5.71 Å². The maximum Gasteiger partial charge on any atom is 0.259 e. The Kier molecular flexibility index (Phi) is 2.76. The van der Waals surface area contributed by atoms with Crippen LogP contribution in [0.25, 0.3) is 11.1 Å². The zero-order chi connectivity index (χ0) is 13.2. The van der Waals surface area contributed by atoms with Crippen LogP contribution < -0.4 is 5.32 Å². The summed E-state index contributed by atoms with van der Waals surface area (Å²) in [6, 6.07) is 11.2. The molecule has 19 heavy (non-hydrogen) atoms. The van der Waals surface area contributed by atoms with E-state index in [1.165, 1.54) is 6.26 Å². The van der Waals surface area contributed by atoms with Gasteiger partial charge in [-0.25, -0.2) is 4.98 Å². The van der Waals surface area contributed by atoms with Crippen LogP contribution in [0.2, 0.25) is 0 Å². The summed E-state index contributed by atoms with van der Waals surface area (Å²) in [5, 5.41) is 3.55. The van der Waals surface area contributed by atoms with Crippen LogP contribution >= 0.6 is 0 Å². The molecule has 4 nitrogen and oxygen atoms in total. The van der Waals surface area contributed by atoms with Crippen molar-refractivity contribution in [3.05, 3.63) is 60.0 Å². The maximum atomic E-state index is 12.2. The molecule has 2 aromatic heterocycles. The fourth-order valence-electron chi connectivity index (χ4n) is 1.88. The fourth-order valence-corrected chi connectivity index (χ4v) is 1.88. The van der Waals surface area contributed by atoms with Gasteiger partial charge in [-0.2, -0.15) is 0 Å². The van der Waals surface area contributed by atoms with E-state index in [1.807, 2.05) is 37.3 Å². The number of carbonyl (C=O) groups is 1. The van der Waals surface area contributed by atoms with Gasteiger partial charge in [0.1, 0.15) is 6.26 Å². The highest BCUT2D eigenvalue weighted by Crippen LogP contribution is 2.20. The molecule has 3 aromatic rings. The van der Waals surface area contributed by atoms with Crippen LogP contribution in [0.1, 0.15) is 15.9 Å². The van der Waals surface area contributed by atoms with Gasteiger partial charge in [-0.15, -0.1) is 0 Å². The maximum absolute atomic E-state index is 12.2. The number of benzene rings is 1. The Balaban J connectivity index is 1.90. The van der Waals surface area contributed by atoms with Gasteiger partial charge in [0.25, 0.3) is 5.91 Å². The second-order valence-corrected chi connectivity index (χ2v) is 4.33. The Morgan fingerprint density at radius 3 is 2.79 bits per heavy atom. The van der Waals surface area contributed by atoms with Crippen LogP contribution in [0, 0.1) is 6.92 Å². The molecular formula is C15H12N2O2. The van der Waals surface area contributed by atoms with Gasteiger partial charge in [-0.05, 0) is 31.2 Å². The van der Waals surface area contributed by atoms with E-state index in [1.54, 1.807) is 12.3 Å². The quantitative estimate of drug-likeness (QED) is 0.760. The molecule has 0 saturated carbocycles. The number of anilines is 1. The number of pyridine rings is 1. The molecular weight excluding hydrogens is 240 g/mol. The van der Waals surface area contributed by atoms with Crippen molar-refractivity contribution in [2.24, 2.45) is 0 Å². The number of hydrogen-bond acceptors (Lipinski definition) is 3. The van der Waals surface area contributed by atoms with Gasteiger partial charge in [0, 0.05) is 11.9 Å². The van der Waals surface area contributed by atoms with Crippen molar-refractivity contribution < 1.29 is 9.21 Å². The van der Waals surface area contributed by atoms with E-state index in [-0.39, 0.29) is 5.91 Å². The molecule has 4 heteroatoms. The monoisotopic (exact) mass is 252 g/mol. The molecule has 1 aromatic carbocycles. The average Bonchev–Trinajstić information content (AvgIpc) is 2.85. The number of hydrogen-bond donors (Lipinski definition) is 1. The summed E-state index contributed by atoms with van der Waals surface area (Å²) in [7, 11) is 0. The first-order valence-corrected chi connectivity index (χ1v) is 5.94. The Bertz CT molecular complexity index is 729. The van der Waals surface area contributed by atoms with Crippen molar-refractivity contribution in [3.63, 3.8) is 0 Å². The van der Waals surface area contributed by atoms with E-state index >= 15 is 0 Å². The molecule has 1 N–H and O–H groups in total. The summed E-state index contributed by atoms with van der Waals surface area (Å²) in [5.74, 6) is -0.199. The lowest BCUT2D eigenvalue weighted by Crippen LogP contribution is -2.11. The molecule has 0 aliphatic heterocycles. The molecule has 1 amide bonds. The third-order valence-corrected chi connectivity index (χ3v) is 2.90. The minimum absolute atomic E-state index is 0.199. The predicted molar refractivity (Wildman–Crippen MR) is 73.1 cm³/mol. The molecule has 0 spiro atoms. The molecule has 0 fully saturated rings. The van der Waals surface area contributed by atoms with Crippen LogP contribution in [-0.4, -0.2) is 10.9 Å². The summed E-state index contributed by atoms with van der Waals surface area (Å²) in [4.78, 5) is 16.2. The second kappa shape index (κ2) is 4.57. The zero-order valence-electron chi connectivity index (χ0n) is 10.4. The molecule has 0 aliphatic rings. The highest BCUT2D eigenvalue weighted by molar-refractivity contribution is 6.11. The topological polar surface area (TPSA) is 55.1 Å². The minimum Gasteiger partial charge on any atom is -0.445 e. The molecule has 0 unspecified atom stereocenters. The Morgan fingerprint density at radius 2 is 2.00 bits per heavy atom. The first-order valence-electron chi connectivity index (χ1n) is 5.94. The van der Waals surface area contributed by atoms with Crippen LogP contribution in [0.4, 0.5) is 5.69 Å². The van der Waals surface area contributed by atoms with E-state index in [0.717, 1.165) is 11.3 Å². The molecule has 0 bridgehead atoms. The van der Waals surface area contributed by atoms with Gasteiger partial charge < -0.3 is 9.73 Å². The summed E-state index contributed by atoms with van der Waals surface area (Å²) in [6.45, 7) is 2.00. The van der Waals surface area contributed by atoms with Crippen molar-refractivity contribution in [2.45, 2.75) is 6.92 Å². The first-order chi connectivity index (χ1) is 9.24. The predicted octanol–water partition coefficient (Wildman–Crippen LogP) is 3.39. The smallest absolute Gasteiger partial charge is 0.259 e. The number of aromatic nitrogens is 1. The Morgan fingerprint density at radius 1 is 1.21 bits per heavy atom. The number of furan rings is 1. The molecule has 0 atom stereocenters. The molecule has 0 radical (unpaired) electrons. The van der Waals surface area contributed by atoms with E-state index in [2.05, 4.69) is 10.3 Å². The Labute approximate surface area is 110 Å². The zero-order valence-corrected chi connectivity index (χ0v) is 10.4. The molecule has 0 saturated heterocycles. The van der Waals surface area contributed by atoms with Gasteiger partial charge in [0.15, 0.2) is 0 Å². The summed E-state index contributed by atoms with van der Waals surface area (Å²) in [6.07, 6.45) is 3.06. The third-order valence-electron chi connectivity index (χ3n) is 2.90. The van der Waals surface area contributed by atoms with Crippen molar-refractivity contribution in [1.82, 2.24) is 4.98 Å². The third kappa shape index (κ3) is 2.20. The number of carbonyl (C=O) groups excluding carboxylic acids is 1. The largest absolute Gasteiger partial charge is 0.445 e. The van der Waals surface area contributed by atoms with Crippen LogP contribution in [0.3, 0.4) is 0 Å². The van der Waals surface area contributed by atoms with E-state index in [9.17, 15) is 4.79 Å². The van der Waals surface area contributed by atoms with Gasteiger partial charge in [-0.3, -0.25) is 4.79 Å². The van der Waals surface area contributed by atoms with Gasteiger partial charge in [0.05, 0.1) is 10.9 Å². The summed E-state index contributed by atoms with van der Waals surface area (Å²) >= 11 is 0. The molecule has 0 aliphatic carbocycles. The van der Waals surface area contributed by atoms with E-state index in [0.29, 0.717) is 16.7 Å². The van der Waals surface area contributed by atoms with Crippen LogP contribution in [0.5, 0.6) is 0 Å². The average molecular weight is 252 g/mol. The number of nitrogens with one attached hydrogen (secondary N) is 1. The normalized spacial score (nSPS) is 10.6. The molecule has 2 heterocycles. The fraction of sp³-hybridized carbons (Fsp3) is 0.0667. The number of nitrogens with zero attached hydrogens (tertiary/aromatic N) is 1. The number of aryl methyl sites for hydroxylation is 1. The highest BCUT2D eigenvalue weighted by Gasteiger charge is 2.14. The SMILES string of the molecule is Cc1ccc(NC(=O)c2coc3ncccc23)cc1. The van der Waals surface area contributed by atoms with Crippen molar-refractivity contribution in [3.8, 4) is 0 Å². The van der Waals surface area contributed by atoms with Crippen molar-refractivity contribution >= 4 is 22.7 Å². The molecule has 3 rings (SSSR count). The molecule has 94 valence electrons. The van der Waals surface area contributed by atoms with Crippen molar-refractivity contribution in [1.29, 1.82) is 0 Å². The first kappa shape index (κ1) is 11.5. The van der Waals surface area contributed by atoms with Crippen molar-refractivity contribution in [2.75, 3.05) is 5.32 Å². The lowest BCUT2D eigenvalue weighted by Gasteiger charge is -2.03. The van der Waals surface area contributed by atoms with E-state index in [4.69, 9.17) is 4.42 Å².